The van der Waals surface area contributed by atoms with E-state index in [1.54, 1.807) is 0 Å². The third kappa shape index (κ3) is 3.37. The van der Waals surface area contributed by atoms with Gasteiger partial charge >= 0.3 is 0 Å². The predicted molar refractivity (Wildman–Crippen MR) is 75.3 cm³/mol. The Morgan fingerprint density at radius 2 is 2.06 bits per heavy atom. The van der Waals surface area contributed by atoms with Gasteiger partial charge in [0, 0.05) is 24.5 Å². The van der Waals surface area contributed by atoms with Gasteiger partial charge < -0.3 is 4.57 Å². The van der Waals surface area contributed by atoms with Gasteiger partial charge in [-0.1, -0.05) is 37.3 Å². The molecule has 0 atom stereocenters. The zero-order valence-corrected chi connectivity index (χ0v) is 11.0. The van der Waals surface area contributed by atoms with E-state index in [1.807, 2.05) is 24.0 Å². The van der Waals surface area contributed by atoms with E-state index in [9.17, 15) is 0 Å². The molecule has 1 heterocycles. The average Bonchev–Trinajstić information content (AvgIpc) is 2.84. The number of thioether (sulfide) groups is 1. The van der Waals surface area contributed by atoms with Crippen molar-refractivity contribution in [3.8, 4) is 11.4 Å². The quantitative estimate of drug-likeness (QED) is 0.723. The number of aryl methyl sites for hydroxylation is 1. The van der Waals surface area contributed by atoms with Crippen LogP contribution in [0.2, 0.25) is 0 Å². The smallest absolute Gasteiger partial charge is 0.139 e. The fourth-order valence-electron chi connectivity index (χ4n) is 1.82. The van der Waals surface area contributed by atoms with Crippen LogP contribution in [0.5, 0.6) is 0 Å². The van der Waals surface area contributed by atoms with Gasteiger partial charge in [-0.05, 0) is 17.9 Å². The number of benzene rings is 1. The molecule has 0 amide bonds. The molecule has 1 aromatic carbocycles. The number of aromatic nitrogens is 2. The Balaban J connectivity index is 2.02. The van der Waals surface area contributed by atoms with E-state index >= 15 is 0 Å². The molecule has 0 N–H and O–H groups in total. The molecule has 0 aliphatic heterocycles. The summed E-state index contributed by atoms with van der Waals surface area (Å²) in [6.45, 7) is 3.26. The molecule has 0 aliphatic rings. The molecule has 0 saturated heterocycles. The number of imidazole rings is 1. The van der Waals surface area contributed by atoms with Gasteiger partial charge in [-0.25, -0.2) is 4.98 Å². The van der Waals surface area contributed by atoms with Crippen LogP contribution in [-0.2, 0) is 6.54 Å². The van der Waals surface area contributed by atoms with Crippen LogP contribution in [0.4, 0.5) is 0 Å². The van der Waals surface area contributed by atoms with E-state index in [1.165, 1.54) is 23.5 Å². The third-order valence-corrected chi connectivity index (χ3v) is 3.62. The Bertz CT molecular complexity index is 436. The molecule has 0 saturated carbocycles. The molecule has 2 rings (SSSR count). The maximum atomic E-state index is 4.44. The van der Waals surface area contributed by atoms with Crippen LogP contribution >= 0.6 is 11.8 Å². The Morgan fingerprint density at radius 1 is 1.24 bits per heavy atom. The first-order valence-corrected chi connectivity index (χ1v) is 7.21. The fourth-order valence-corrected chi connectivity index (χ4v) is 2.44. The lowest BCUT2D eigenvalue weighted by molar-refractivity contribution is 0.690. The summed E-state index contributed by atoms with van der Waals surface area (Å²) in [6, 6.07) is 10.4. The number of rotatable bonds is 6. The standard InChI is InChI=1S/C14H18N2S/c1-2-17-12-6-10-16-11-9-15-14(16)13-7-4-3-5-8-13/h3-5,7-9,11H,2,6,10,12H2,1H3. The minimum atomic E-state index is 1.05. The summed E-state index contributed by atoms with van der Waals surface area (Å²) in [5.74, 6) is 3.50. The van der Waals surface area contributed by atoms with Gasteiger partial charge in [0.1, 0.15) is 5.82 Å². The summed E-state index contributed by atoms with van der Waals surface area (Å²) < 4.78 is 2.24. The lowest BCUT2D eigenvalue weighted by atomic mass is 10.2. The van der Waals surface area contributed by atoms with E-state index in [4.69, 9.17) is 0 Å². The van der Waals surface area contributed by atoms with Crippen LogP contribution in [0.15, 0.2) is 42.7 Å². The Morgan fingerprint density at radius 3 is 2.82 bits per heavy atom. The summed E-state index contributed by atoms with van der Waals surface area (Å²) in [7, 11) is 0. The highest BCUT2D eigenvalue weighted by Crippen LogP contribution is 2.17. The number of nitrogens with zero attached hydrogens (tertiary/aromatic N) is 2. The lowest BCUT2D eigenvalue weighted by Crippen LogP contribution is -2.00. The minimum absolute atomic E-state index is 1.05. The summed E-state index contributed by atoms with van der Waals surface area (Å²) in [6.07, 6.45) is 5.16. The summed E-state index contributed by atoms with van der Waals surface area (Å²) in [5.41, 5.74) is 1.20. The molecule has 0 aliphatic carbocycles. The van der Waals surface area contributed by atoms with Crippen LogP contribution in [0.3, 0.4) is 0 Å². The van der Waals surface area contributed by atoms with Crippen molar-refractivity contribution in [2.24, 2.45) is 0 Å². The maximum absolute atomic E-state index is 4.44. The van der Waals surface area contributed by atoms with Gasteiger partial charge in [-0.15, -0.1) is 0 Å². The average molecular weight is 246 g/mol. The van der Waals surface area contributed by atoms with Crippen LogP contribution in [0.1, 0.15) is 13.3 Å². The first kappa shape index (κ1) is 12.2. The van der Waals surface area contributed by atoms with Crippen molar-refractivity contribution in [3.05, 3.63) is 42.7 Å². The highest BCUT2D eigenvalue weighted by atomic mass is 32.2. The fraction of sp³-hybridized carbons (Fsp3) is 0.357. The SMILES string of the molecule is CCSCCCn1ccnc1-c1ccccc1. The van der Waals surface area contributed by atoms with E-state index < -0.39 is 0 Å². The first-order valence-electron chi connectivity index (χ1n) is 6.06. The van der Waals surface area contributed by atoms with Crippen molar-refractivity contribution < 1.29 is 0 Å². The zero-order valence-electron chi connectivity index (χ0n) is 10.2. The van der Waals surface area contributed by atoms with Crippen molar-refractivity contribution in [1.29, 1.82) is 0 Å². The highest BCUT2D eigenvalue weighted by Gasteiger charge is 2.04. The predicted octanol–water partition coefficient (Wildman–Crippen LogP) is 3.69. The van der Waals surface area contributed by atoms with Gasteiger partial charge in [0.05, 0.1) is 0 Å². The van der Waals surface area contributed by atoms with Crippen LogP contribution in [-0.4, -0.2) is 21.1 Å². The van der Waals surface area contributed by atoms with Crippen LogP contribution in [0.25, 0.3) is 11.4 Å². The normalized spacial score (nSPS) is 10.6. The van der Waals surface area contributed by atoms with E-state index in [2.05, 4.69) is 46.9 Å². The molecular weight excluding hydrogens is 228 g/mol. The molecule has 2 aromatic rings. The Hall–Kier alpha value is -1.22. The zero-order chi connectivity index (χ0) is 11.9. The molecule has 0 unspecified atom stereocenters. The van der Waals surface area contributed by atoms with E-state index in [0.29, 0.717) is 0 Å². The Labute approximate surface area is 107 Å². The molecule has 0 spiro atoms. The van der Waals surface area contributed by atoms with Crippen molar-refractivity contribution in [2.45, 2.75) is 19.9 Å². The molecule has 0 radical (unpaired) electrons. The topological polar surface area (TPSA) is 17.8 Å². The van der Waals surface area contributed by atoms with E-state index in [0.717, 1.165) is 12.4 Å². The molecule has 2 nitrogen and oxygen atoms in total. The van der Waals surface area contributed by atoms with Crippen molar-refractivity contribution in [3.63, 3.8) is 0 Å². The van der Waals surface area contributed by atoms with Crippen molar-refractivity contribution in [2.75, 3.05) is 11.5 Å². The van der Waals surface area contributed by atoms with Crippen LogP contribution < -0.4 is 0 Å². The first-order chi connectivity index (χ1) is 8.42. The maximum Gasteiger partial charge on any atom is 0.139 e. The summed E-state index contributed by atoms with van der Waals surface area (Å²) in [4.78, 5) is 4.44. The van der Waals surface area contributed by atoms with Crippen molar-refractivity contribution >= 4 is 11.8 Å². The third-order valence-electron chi connectivity index (χ3n) is 2.64. The monoisotopic (exact) mass is 246 g/mol. The summed E-state index contributed by atoms with van der Waals surface area (Å²) >= 11 is 2.00. The van der Waals surface area contributed by atoms with Gasteiger partial charge in [-0.2, -0.15) is 11.8 Å². The second-order valence-electron chi connectivity index (χ2n) is 3.86. The van der Waals surface area contributed by atoms with Gasteiger partial charge in [0.2, 0.25) is 0 Å². The van der Waals surface area contributed by atoms with Crippen LogP contribution in [0, 0.1) is 0 Å². The van der Waals surface area contributed by atoms with Crippen molar-refractivity contribution in [1.82, 2.24) is 9.55 Å². The molecular formula is C14H18N2S. The second kappa shape index (κ2) is 6.50. The number of hydrogen-bond acceptors (Lipinski definition) is 2. The molecule has 1 aromatic heterocycles. The van der Waals surface area contributed by atoms with Gasteiger partial charge in [0.25, 0.3) is 0 Å². The Kier molecular flexibility index (Phi) is 4.68. The van der Waals surface area contributed by atoms with E-state index in [-0.39, 0.29) is 0 Å². The number of hydrogen-bond donors (Lipinski definition) is 0. The highest BCUT2D eigenvalue weighted by molar-refractivity contribution is 7.99. The van der Waals surface area contributed by atoms with Gasteiger partial charge in [-0.3, -0.25) is 0 Å². The molecule has 17 heavy (non-hydrogen) atoms. The largest absolute Gasteiger partial charge is 0.331 e. The van der Waals surface area contributed by atoms with Gasteiger partial charge in [0.15, 0.2) is 0 Å². The summed E-state index contributed by atoms with van der Waals surface area (Å²) in [5, 5.41) is 0. The lowest BCUT2D eigenvalue weighted by Gasteiger charge is -2.07. The molecule has 0 fully saturated rings. The molecule has 90 valence electrons. The second-order valence-corrected chi connectivity index (χ2v) is 5.25. The molecule has 3 heteroatoms. The minimum Gasteiger partial charge on any atom is -0.331 e. The molecule has 0 bridgehead atoms.